The van der Waals surface area contributed by atoms with Gasteiger partial charge in [-0.15, -0.1) is 0 Å². The number of hydrogen-bond donors (Lipinski definition) is 1. The second-order valence-electron chi connectivity index (χ2n) is 5.14. The summed E-state index contributed by atoms with van der Waals surface area (Å²) in [6, 6.07) is 8.38. The molecule has 0 bridgehead atoms. The van der Waals surface area contributed by atoms with Crippen molar-refractivity contribution in [2.75, 3.05) is 44.7 Å². The third-order valence-electron chi connectivity index (χ3n) is 3.57. The number of carbonyl (C=O) groups is 1. The highest BCUT2D eigenvalue weighted by Crippen LogP contribution is 2.14. The Morgan fingerprint density at radius 2 is 2.11 bits per heavy atom. The van der Waals surface area contributed by atoms with E-state index in [-0.39, 0.29) is 5.91 Å². The number of hydrogen-bond acceptors (Lipinski definition) is 3. The molecule has 1 aliphatic heterocycles. The van der Waals surface area contributed by atoms with E-state index < -0.39 is 0 Å². The van der Waals surface area contributed by atoms with Crippen molar-refractivity contribution in [3.63, 3.8) is 0 Å². The molecule has 4 heteroatoms. The van der Waals surface area contributed by atoms with Crippen LogP contribution in [-0.4, -0.2) is 50.6 Å². The number of aryl methyl sites for hydroxylation is 1. The molecule has 1 aromatic carbocycles. The van der Waals surface area contributed by atoms with Gasteiger partial charge in [0.25, 0.3) is 0 Å². The molecule has 104 valence electrons. The lowest BCUT2D eigenvalue weighted by Crippen LogP contribution is -2.47. The smallest absolute Gasteiger partial charge is 0.224 e. The molecular weight excluding hydrogens is 238 g/mol. The normalized spacial score (nSPS) is 15.4. The van der Waals surface area contributed by atoms with E-state index in [4.69, 9.17) is 0 Å². The Hall–Kier alpha value is -1.55. The predicted molar refractivity (Wildman–Crippen MR) is 78.5 cm³/mol. The van der Waals surface area contributed by atoms with Crippen LogP contribution in [0.25, 0.3) is 0 Å². The van der Waals surface area contributed by atoms with Crippen LogP contribution in [0.2, 0.25) is 0 Å². The minimum Gasteiger partial charge on any atom is -0.374 e. The molecule has 0 radical (unpaired) electrons. The quantitative estimate of drug-likeness (QED) is 0.886. The number of rotatable bonds is 4. The van der Waals surface area contributed by atoms with Gasteiger partial charge < -0.3 is 15.1 Å². The summed E-state index contributed by atoms with van der Waals surface area (Å²) in [7, 11) is 2.04. The molecule has 0 unspecified atom stereocenters. The molecule has 1 amide bonds. The van der Waals surface area contributed by atoms with Crippen LogP contribution in [0.15, 0.2) is 24.3 Å². The first-order valence-electron chi connectivity index (χ1n) is 6.93. The van der Waals surface area contributed by atoms with Crippen molar-refractivity contribution in [2.45, 2.75) is 13.3 Å². The Balaban J connectivity index is 1.82. The summed E-state index contributed by atoms with van der Waals surface area (Å²) in [4.78, 5) is 16.2. The van der Waals surface area contributed by atoms with Gasteiger partial charge >= 0.3 is 0 Å². The zero-order chi connectivity index (χ0) is 13.7. The SMILES string of the molecule is Cc1cccc(N(C)CCC(=O)N2CCNCC2)c1. The zero-order valence-electron chi connectivity index (χ0n) is 11.9. The van der Waals surface area contributed by atoms with Crippen LogP contribution in [0, 0.1) is 6.92 Å². The van der Waals surface area contributed by atoms with Crippen LogP contribution in [0.3, 0.4) is 0 Å². The first kappa shape index (κ1) is 13.9. The van der Waals surface area contributed by atoms with Crippen molar-refractivity contribution in [2.24, 2.45) is 0 Å². The molecule has 2 rings (SSSR count). The number of piperazine rings is 1. The van der Waals surface area contributed by atoms with E-state index in [1.807, 2.05) is 11.9 Å². The lowest BCUT2D eigenvalue weighted by Gasteiger charge is -2.28. The van der Waals surface area contributed by atoms with E-state index in [1.165, 1.54) is 11.3 Å². The maximum Gasteiger partial charge on any atom is 0.224 e. The van der Waals surface area contributed by atoms with Gasteiger partial charge in [0, 0.05) is 51.9 Å². The summed E-state index contributed by atoms with van der Waals surface area (Å²) in [5.41, 5.74) is 2.42. The maximum absolute atomic E-state index is 12.1. The summed E-state index contributed by atoms with van der Waals surface area (Å²) < 4.78 is 0. The minimum absolute atomic E-state index is 0.265. The fourth-order valence-corrected chi connectivity index (χ4v) is 2.33. The molecule has 0 saturated carbocycles. The largest absolute Gasteiger partial charge is 0.374 e. The first-order valence-corrected chi connectivity index (χ1v) is 6.93. The topological polar surface area (TPSA) is 35.6 Å². The second kappa shape index (κ2) is 6.57. The lowest BCUT2D eigenvalue weighted by molar-refractivity contribution is -0.131. The Labute approximate surface area is 115 Å². The summed E-state index contributed by atoms with van der Waals surface area (Å²) in [6.07, 6.45) is 0.588. The second-order valence-corrected chi connectivity index (χ2v) is 5.14. The fraction of sp³-hybridized carbons (Fsp3) is 0.533. The molecule has 0 spiro atoms. The molecule has 1 aliphatic rings. The highest BCUT2D eigenvalue weighted by molar-refractivity contribution is 5.77. The molecule has 1 saturated heterocycles. The number of anilines is 1. The highest BCUT2D eigenvalue weighted by atomic mass is 16.2. The van der Waals surface area contributed by atoms with E-state index in [0.29, 0.717) is 6.42 Å². The van der Waals surface area contributed by atoms with Gasteiger partial charge in [-0.25, -0.2) is 0 Å². The van der Waals surface area contributed by atoms with Crippen molar-refractivity contribution >= 4 is 11.6 Å². The van der Waals surface area contributed by atoms with E-state index in [1.54, 1.807) is 0 Å². The van der Waals surface area contributed by atoms with Gasteiger partial charge in [-0.2, -0.15) is 0 Å². The van der Waals surface area contributed by atoms with Gasteiger partial charge in [0.15, 0.2) is 0 Å². The zero-order valence-corrected chi connectivity index (χ0v) is 11.9. The molecule has 1 heterocycles. The van der Waals surface area contributed by atoms with Crippen LogP contribution in [0.4, 0.5) is 5.69 Å². The Morgan fingerprint density at radius 1 is 1.37 bits per heavy atom. The standard InChI is InChI=1S/C15H23N3O/c1-13-4-3-5-14(12-13)17(2)9-6-15(19)18-10-7-16-8-11-18/h3-5,12,16H,6-11H2,1-2H3. The van der Waals surface area contributed by atoms with E-state index in [2.05, 4.69) is 41.4 Å². The van der Waals surface area contributed by atoms with Crippen molar-refractivity contribution in [3.8, 4) is 0 Å². The molecule has 1 aromatic rings. The van der Waals surface area contributed by atoms with Crippen LogP contribution in [0.1, 0.15) is 12.0 Å². The minimum atomic E-state index is 0.265. The third kappa shape index (κ3) is 3.96. The molecule has 0 aliphatic carbocycles. The summed E-state index contributed by atoms with van der Waals surface area (Å²) in [5, 5.41) is 3.26. The molecular formula is C15H23N3O. The third-order valence-corrected chi connectivity index (χ3v) is 3.57. The van der Waals surface area contributed by atoms with Gasteiger partial charge in [0.2, 0.25) is 5.91 Å². The summed E-state index contributed by atoms with van der Waals surface area (Å²) in [6.45, 7) is 6.37. The Bertz CT molecular complexity index is 427. The average Bonchev–Trinajstić information content (AvgIpc) is 2.45. The van der Waals surface area contributed by atoms with Crippen LogP contribution in [0.5, 0.6) is 0 Å². The molecule has 0 atom stereocenters. The maximum atomic E-state index is 12.1. The number of nitrogens with one attached hydrogen (secondary N) is 1. The molecule has 1 N–H and O–H groups in total. The van der Waals surface area contributed by atoms with Crippen molar-refractivity contribution in [3.05, 3.63) is 29.8 Å². The van der Waals surface area contributed by atoms with Gasteiger partial charge in [-0.3, -0.25) is 4.79 Å². The number of nitrogens with zero attached hydrogens (tertiary/aromatic N) is 2. The lowest BCUT2D eigenvalue weighted by atomic mass is 10.2. The van der Waals surface area contributed by atoms with Crippen molar-refractivity contribution in [1.82, 2.24) is 10.2 Å². The van der Waals surface area contributed by atoms with Crippen LogP contribution < -0.4 is 10.2 Å². The van der Waals surface area contributed by atoms with E-state index in [9.17, 15) is 4.79 Å². The predicted octanol–water partition coefficient (Wildman–Crippen LogP) is 1.25. The Kier molecular flexibility index (Phi) is 4.80. The summed E-state index contributed by atoms with van der Waals surface area (Å²) in [5.74, 6) is 0.265. The number of carbonyl (C=O) groups excluding carboxylic acids is 1. The average molecular weight is 261 g/mol. The van der Waals surface area contributed by atoms with Crippen molar-refractivity contribution < 1.29 is 4.79 Å². The summed E-state index contributed by atoms with van der Waals surface area (Å²) >= 11 is 0. The molecule has 4 nitrogen and oxygen atoms in total. The van der Waals surface area contributed by atoms with E-state index in [0.717, 1.165) is 32.7 Å². The van der Waals surface area contributed by atoms with Gasteiger partial charge in [-0.05, 0) is 24.6 Å². The van der Waals surface area contributed by atoms with Gasteiger partial charge in [-0.1, -0.05) is 12.1 Å². The number of benzene rings is 1. The molecule has 0 aromatic heterocycles. The number of amides is 1. The first-order chi connectivity index (χ1) is 9.16. The highest BCUT2D eigenvalue weighted by Gasteiger charge is 2.16. The van der Waals surface area contributed by atoms with Crippen LogP contribution in [-0.2, 0) is 4.79 Å². The van der Waals surface area contributed by atoms with Crippen molar-refractivity contribution in [1.29, 1.82) is 0 Å². The molecule has 1 fully saturated rings. The van der Waals surface area contributed by atoms with Gasteiger partial charge in [0.1, 0.15) is 0 Å². The Morgan fingerprint density at radius 3 is 2.79 bits per heavy atom. The van der Waals surface area contributed by atoms with E-state index >= 15 is 0 Å². The fourth-order valence-electron chi connectivity index (χ4n) is 2.33. The monoisotopic (exact) mass is 261 g/mol. The van der Waals surface area contributed by atoms with Gasteiger partial charge in [0.05, 0.1) is 0 Å². The van der Waals surface area contributed by atoms with Crippen LogP contribution >= 0.6 is 0 Å². The molecule has 19 heavy (non-hydrogen) atoms.